The molecule has 4 nitrogen and oxygen atoms in total. The average Bonchev–Trinajstić information content (AvgIpc) is 2.78. The molecule has 0 saturated carbocycles. The monoisotopic (exact) mass is 448 g/mol. The van der Waals surface area contributed by atoms with Crippen molar-refractivity contribution >= 4 is 46.9 Å². The molecule has 0 unspecified atom stereocenters. The van der Waals surface area contributed by atoms with Crippen molar-refractivity contribution < 1.29 is 9.59 Å². The van der Waals surface area contributed by atoms with Gasteiger partial charge in [0.15, 0.2) is 0 Å². The van der Waals surface area contributed by atoms with Crippen LogP contribution in [0.3, 0.4) is 0 Å². The first-order valence-electron chi connectivity index (χ1n) is 9.79. The Kier molecular flexibility index (Phi) is 6.16. The highest BCUT2D eigenvalue weighted by atomic mass is 35.5. The lowest BCUT2D eigenvalue weighted by Crippen LogP contribution is -2.31. The summed E-state index contributed by atoms with van der Waals surface area (Å²) in [5.41, 5.74) is 3.14. The molecular weight excluding hydrogens is 428 g/mol. The van der Waals surface area contributed by atoms with Crippen LogP contribution in [0.15, 0.2) is 82.6 Å². The van der Waals surface area contributed by atoms with Crippen LogP contribution in [0.2, 0.25) is 5.02 Å². The number of hydrogen-bond acceptors (Lipinski definition) is 3. The number of amides is 2. The van der Waals surface area contributed by atoms with Crippen molar-refractivity contribution in [2.45, 2.75) is 11.4 Å². The Balaban J connectivity index is 1.59. The molecule has 1 aliphatic rings. The summed E-state index contributed by atoms with van der Waals surface area (Å²) < 4.78 is 0. The Morgan fingerprint density at radius 3 is 2.52 bits per heavy atom. The van der Waals surface area contributed by atoms with E-state index in [1.165, 1.54) is 11.8 Å². The third-order valence-electron chi connectivity index (χ3n) is 5.10. The standard InChI is InChI=1S/C25H21ClN2O2S/c1-27(16-17-8-4-3-5-9-17)24(29)19-12-13-22-21(14-19)28(2)25(30)23(31-22)15-18-10-6-7-11-20(18)26/h3-15H,16H2,1-2H3/b23-15-. The molecule has 1 heterocycles. The van der Waals surface area contributed by atoms with Gasteiger partial charge in [0.05, 0.1) is 10.6 Å². The molecule has 0 N–H and O–H groups in total. The Hall–Kier alpha value is -3.02. The largest absolute Gasteiger partial charge is 0.337 e. The van der Waals surface area contributed by atoms with Gasteiger partial charge in [0.1, 0.15) is 0 Å². The van der Waals surface area contributed by atoms with Gasteiger partial charge in [-0.2, -0.15) is 0 Å². The molecule has 3 aromatic rings. The first-order valence-corrected chi connectivity index (χ1v) is 11.0. The number of anilines is 1. The molecule has 0 atom stereocenters. The van der Waals surface area contributed by atoms with Gasteiger partial charge < -0.3 is 9.80 Å². The van der Waals surface area contributed by atoms with Gasteiger partial charge in [-0.1, -0.05) is 71.9 Å². The summed E-state index contributed by atoms with van der Waals surface area (Å²) in [7, 11) is 3.51. The van der Waals surface area contributed by atoms with Crippen molar-refractivity contribution in [3.63, 3.8) is 0 Å². The Morgan fingerprint density at radius 2 is 1.77 bits per heavy atom. The van der Waals surface area contributed by atoms with Crippen LogP contribution in [0, 0.1) is 0 Å². The zero-order chi connectivity index (χ0) is 22.0. The molecule has 6 heteroatoms. The van der Waals surface area contributed by atoms with Crippen LogP contribution in [-0.2, 0) is 11.3 Å². The molecule has 0 aromatic heterocycles. The van der Waals surface area contributed by atoms with Crippen molar-refractivity contribution in [2.75, 3.05) is 19.0 Å². The molecule has 31 heavy (non-hydrogen) atoms. The van der Waals surface area contributed by atoms with E-state index in [0.717, 1.165) is 21.7 Å². The number of hydrogen-bond donors (Lipinski definition) is 0. The summed E-state index contributed by atoms with van der Waals surface area (Å²) in [5, 5.41) is 0.597. The second-order valence-electron chi connectivity index (χ2n) is 7.33. The Bertz CT molecular complexity index is 1180. The predicted octanol–water partition coefficient (Wildman–Crippen LogP) is 5.72. The van der Waals surface area contributed by atoms with Crippen LogP contribution in [0.25, 0.3) is 6.08 Å². The molecule has 2 amide bonds. The number of halogens is 1. The maximum Gasteiger partial charge on any atom is 0.264 e. The lowest BCUT2D eigenvalue weighted by atomic mass is 10.1. The number of benzene rings is 3. The summed E-state index contributed by atoms with van der Waals surface area (Å²) >= 11 is 7.64. The highest BCUT2D eigenvalue weighted by Gasteiger charge is 2.28. The van der Waals surface area contributed by atoms with E-state index in [-0.39, 0.29) is 11.8 Å². The maximum atomic E-state index is 13.0. The molecule has 0 bridgehead atoms. The van der Waals surface area contributed by atoms with Crippen LogP contribution < -0.4 is 4.90 Å². The quantitative estimate of drug-likeness (QED) is 0.479. The summed E-state index contributed by atoms with van der Waals surface area (Å²) in [4.78, 5) is 30.7. The highest BCUT2D eigenvalue weighted by Crippen LogP contribution is 2.42. The topological polar surface area (TPSA) is 40.6 Å². The number of thioether (sulfide) groups is 1. The fourth-order valence-electron chi connectivity index (χ4n) is 3.41. The SMILES string of the molecule is CN(Cc1ccccc1)C(=O)c1ccc2c(c1)N(C)C(=O)/C(=C/c1ccccc1Cl)S2. The summed E-state index contributed by atoms with van der Waals surface area (Å²) in [6.07, 6.45) is 1.81. The minimum Gasteiger partial charge on any atom is -0.337 e. The summed E-state index contributed by atoms with van der Waals surface area (Å²) in [6.45, 7) is 0.519. The first-order chi connectivity index (χ1) is 14.9. The van der Waals surface area contributed by atoms with Gasteiger partial charge in [-0.05, 0) is 41.5 Å². The molecule has 0 radical (unpaired) electrons. The molecule has 0 spiro atoms. The van der Waals surface area contributed by atoms with E-state index in [1.54, 1.807) is 36.0 Å². The van der Waals surface area contributed by atoms with Crippen molar-refractivity contribution in [2.24, 2.45) is 0 Å². The molecule has 4 rings (SSSR count). The van der Waals surface area contributed by atoms with E-state index in [1.807, 2.05) is 66.7 Å². The van der Waals surface area contributed by atoms with Crippen molar-refractivity contribution in [1.82, 2.24) is 4.90 Å². The van der Waals surface area contributed by atoms with Gasteiger partial charge in [0, 0.05) is 36.1 Å². The number of carbonyl (C=O) groups excluding carboxylic acids is 2. The normalized spacial score (nSPS) is 14.5. The van der Waals surface area contributed by atoms with E-state index >= 15 is 0 Å². The molecule has 0 fully saturated rings. The van der Waals surface area contributed by atoms with Gasteiger partial charge in [-0.15, -0.1) is 0 Å². The lowest BCUT2D eigenvalue weighted by molar-refractivity contribution is -0.114. The van der Waals surface area contributed by atoms with Gasteiger partial charge in [-0.3, -0.25) is 9.59 Å². The fraction of sp³-hybridized carbons (Fsp3) is 0.120. The summed E-state index contributed by atoms with van der Waals surface area (Å²) in [5.74, 6) is -0.213. The molecule has 1 aliphatic heterocycles. The number of nitrogens with zero attached hydrogens (tertiary/aromatic N) is 2. The van der Waals surface area contributed by atoms with Crippen LogP contribution >= 0.6 is 23.4 Å². The minimum atomic E-state index is -0.125. The van der Waals surface area contributed by atoms with E-state index in [0.29, 0.717) is 22.0 Å². The number of carbonyl (C=O) groups is 2. The molecule has 3 aromatic carbocycles. The maximum absolute atomic E-state index is 13.0. The first kappa shape index (κ1) is 21.2. The average molecular weight is 449 g/mol. The van der Waals surface area contributed by atoms with Crippen LogP contribution in [-0.4, -0.2) is 30.8 Å². The number of rotatable bonds is 4. The van der Waals surface area contributed by atoms with E-state index in [4.69, 9.17) is 11.6 Å². The van der Waals surface area contributed by atoms with Crippen molar-refractivity contribution in [3.05, 3.63) is 99.4 Å². The number of fused-ring (bicyclic) bond motifs is 1. The summed E-state index contributed by atoms with van der Waals surface area (Å²) in [6, 6.07) is 22.8. The van der Waals surface area contributed by atoms with Crippen molar-refractivity contribution in [3.8, 4) is 0 Å². The zero-order valence-corrected chi connectivity index (χ0v) is 18.8. The van der Waals surface area contributed by atoms with Gasteiger partial charge in [-0.25, -0.2) is 0 Å². The molecule has 0 aliphatic carbocycles. The third-order valence-corrected chi connectivity index (χ3v) is 6.53. The number of likely N-dealkylation sites (N-methyl/N-ethyl adjacent to an activating group) is 1. The third kappa shape index (κ3) is 4.53. The predicted molar refractivity (Wildman–Crippen MR) is 127 cm³/mol. The van der Waals surface area contributed by atoms with E-state index < -0.39 is 0 Å². The second kappa shape index (κ2) is 9.00. The lowest BCUT2D eigenvalue weighted by Gasteiger charge is -2.28. The van der Waals surface area contributed by atoms with E-state index in [9.17, 15) is 9.59 Å². The Morgan fingerprint density at radius 1 is 1.06 bits per heavy atom. The fourth-order valence-corrected chi connectivity index (χ4v) is 4.68. The van der Waals surface area contributed by atoms with Crippen molar-refractivity contribution in [1.29, 1.82) is 0 Å². The molecular formula is C25H21ClN2O2S. The van der Waals surface area contributed by atoms with Crippen LogP contribution in [0.5, 0.6) is 0 Å². The van der Waals surface area contributed by atoms with Crippen LogP contribution in [0.4, 0.5) is 5.69 Å². The molecule has 156 valence electrons. The highest BCUT2D eigenvalue weighted by molar-refractivity contribution is 8.04. The Labute approximate surface area is 191 Å². The van der Waals surface area contributed by atoms with Gasteiger partial charge in [0.25, 0.3) is 11.8 Å². The smallest absolute Gasteiger partial charge is 0.264 e. The minimum absolute atomic E-state index is 0.0880. The molecule has 0 saturated heterocycles. The van der Waals surface area contributed by atoms with Gasteiger partial charge >= 0.3 is 0 Å². The zero-order valence-electron chi connectivity index (χ0n) is 17.2. The van der Waals surface area contributed by atoms with Crippen LogP contribution in [0.1, 0.15) is 21.5 Å². The van der Waals surface area contributed by atoms with E-state index in [2.05, 4.69) is 0 Å². The second-order valence-corrected chi connectivity index (χ2v) is 8.82. The van der Waals surface area contributed by atoms with Gasteiger partial charge in [0.2, 0.25) is 0 Å².